The van der Waals surface area contributed by atoms with E-state index in [-0.39, 0.29) is 6.61 Å². The molecule has 0 spiro atoms. The van der Waals surface area contributed by atoms with Gasteiger partial charge in [-0.15, -0.1) is 0 Å². The highest BCUT2D eigenvalue weighted by Crippen LogP contribution is 2.14. The van der Waals surface area contributed by atoms with Crippen LogP contribution in [0.3, 0.4) is 0 Å². The van der Waals surface area contributed by atoms with E-state index in [9.17, 15) is 14.4 Å². The van der Waals surface area contributed by atoms with Crippen molar-refractivity contribution in [3.63, 3.8) is 0 Å². The molecule has 0 aromatic heterocycles. The Morgan fingerprint density at radius 3 is 2.38 bits per heavy atom. The molecule has 0 fully saturated rings. The lowest BCUT2D eigenvalue weighted by Gasteiger charge is -2.33. The summed E-state index contributed by atoms with van der Waals surface area (Å²) in [5, 5.41) is 14.1. The van der Waals surface area contributed by atoms with Crippen molar-refractivity contribution in [1.82, 2.24) is 16.1 Å². The largest absolute Gasteiger partial charge is 0.450 e. The van der Waals surface area contributed by atoms with E-state index in [2.05, 4.69) is 26.6 Å². The van der Waals surface area contributed by atoms with E-state index < -0.39 is 29.5 Å². The minimum Gasteiger partial charge on any atom is -0.450 e. The summed E-state index contributed by atoms with van der Waals surface area (Å²) in [6.45, 7) is 5.29. The summed E-state index contributed by atoms with van der Waals surface area (Å²) >= 11 is 3.27. The average Bonchev–Trinajstić information content (AvgIpc) is 2.59. The highest BCUT2D eigenvalue weighted by molar-refractivity contribution is 9.10. The van der Waals surface area contributed by atoms with E-state index >= 15 is 0 Å². The van der Waals surface area contributed by atoms with Gasteiger partial charge in [0.25, 0.3) is 11.8 Å². The fourth-order valence-corrected chi connectivity index (χ4v) is 2.40. The van der Waals surface area contributed by atoms with Gasteiger partial charge in [-0.05, 0) is 44.5 Å². The smallest absolute Gasteiger partial charge is 0.407 e. The summed E-state index contributed by atoms with van der Waals surface area (Å²) < 4.78 is 5.82. The third-order valence-electron chi connectivity index (χ3n) is 3.63. The minimum atomic E-state index is -1.23. The predicted octanol–water partition coefficient (Wildman–Crippen LogP) is 2.36. The van der Waals surface area contributed by atoms with Gasteiger partial charge in [0.2, 0.25) is 0 Å². The standard InChI is InChI=1S/C17H24BrN3O5/c1-4-5-10-26-16(24)20-17(2,3)13(15(23)21-25)19-14(22)11-6-8-12(18)9-7-11/h6-9,13,25H,4-5,10H2,1-3H3,(H,19,22)(H,20,24)(H,21,23)/t13-/m1/s1. The lowest BCUT2D eigenvalue weighted by molar-refractivity contribution is -0.132. The van der Waals surface area contributed by atoms with E-state index in [1.807, 2.05) is 6.92 Å². The Balaban J connectivity index is 2.86. The number of carbonyl (C=O) groups is 3. The van der Waals surface area contributed by atoms with Crippen LogP contribution in [0.4, 0.5) is 4.79 Å². The number of nitrogens with one attached hydrogen (secondary N) is 3. The van der Waals surface area contributed by atoms with Crippen molar-refractivity contribution < 1.29 is 24.3 Å². The van der Waals surface area contributed by atoms with Gasteiger partial charge in [-0.3, -0.25) is 14.8 Å². The Morgan fingerprint density at radius 2 is 1.85 bits per heavy atom. The summed E-state index contributed by atoms with van der Waals surface area (Å²) in [4.78, 5) is 36.3. The van der Waals surface area contributed by atoms with E-state index in [4.69, 9.17) is 9.94 Å². The monoisotopic (exact) mass is 429 g/mol. The van der Waals surface area contributed by atoms with Crippen molar-refractivity contribution in [2.45, 2.75) is 45.2 Å². The van der Waals surface area contributed by atoms with Crippen LogP contribution in [0.15, 0.2) is 28.7 Å². The molecule has 1 aromatic rings. The summed E-state index contributed by atoms with van der Waals surface area (Å²) in [6, 6.07) is 5.29. The molecule has 0 aliphatic carbocycles. The number of hydroxylamine groups is 1. The van der Waals surface area contributed by atoms with E-state index in [0.717, 1.165) is 10.9 Å². The Hall–Kier alpha value is -2.13. The molecule has 1 rings (SSSR count). The number of carbonyl (C=O) groups excluding carboxylic acids is 3. The van der Waals surface area contributed by atoms with Gasteiger partial charge in [-0.2, -0.15) is 0 Å². The molecular formula is C17H24BrN3O5. The van der Waals surface area contributed by atoms with E-state index in [1.165, 1.54) is 19.3 Å². The Bertz CT molecular complexity index is 634. The molecule has 0 saturated carbocycles. The van der Waals surface area contributed by atoms with Crippen LogP contribution in [-0.2, 0) is 9.53 Å². The highest BCUT2D eigenvalue weighted by atomic mass is 79.9. The summed E-state index contributed by atoms with van der Waals surface area (Å²) in [5.74, 6) is -1.39. The molecule has 1 atom stereocenters. The maximum atomic E-state index is 12.4. The van der Waals surface area contributed by atoms with Gasteiger partial charge in [0, 0.05) is 10.0 Å². The first-order valence-electron chi connectivity index (χ1n) is 8.16. The molecule has 144 valence electrons. The molecule has 26 heavy (non-hydrogen) atoms. The molecule has 0 saturated heterocycles. The van der Waals surface area contributed by atoms with Gasteiger partial charge < -0.3 is 15.4 Å². The zero-order chi connectivity index (χ0) is 19.7. The number of rotatable bonds is 8. The summed E-state index contributed by atoms with van der Waals surface area (Å²) in [6.07, 6.45) is 0.876. The molecule has 4 N–H and O–H groups in total. The lowest BCUT2D eigenvalue weighted by Crippen LogP contribution is -2.64. The number of benzene rings is 1. The van der Waals surface area contributed by atoms with Crippen LogP contribution in [0.1, 0.15) is 44.0 Å². The summed E-state index contributed by atoms with van der Waals surface area (Å²) in [7, 11) is 0. The number of hydrogen-bond donors (Lipinski definition) is 4. The van der Waals surface area contributed by atoms with Gasteiger partial charge >= 0.3 is 6.09 Å². The third-order valence-corrected chi connectivity index (χ3v) is 4.16. The number of amides is 3. The van der Waals surface area contributed by atoms with Gasteiger partial charge in [-0.25, -0.2) is 10.3 Å². The number of halogens is 1. The topological polar surface area (TPSA) is 117 Å². The second-order valence-electron chi connectivity index (χ2n) is 6.23. The molecule has 0 aliphatic rings. The lowest BCUT2D eigenvalue weighted by atomic mass is 9.93. The maximum Gasteiger partial charge on any atom is 0.407 e. The molecule has 0 bridgehead atoms. The number of ether oxygens (including phenoxy) is 1. The van der Waals surface area contributed by atoms with Crippen molar-refractivity contribution in [2.75, 3.05) is 6.61 Å². The molecule has 3 amide bonds. The van der Waals surface area contributed by atoms with Gasteiger partial charge in [0.15, 0.2) is 0 Å². The SMILES string of the molecule is CCCCOC(=O)NC(C)(C)[C@H](NC(=O)c1ccc(Br)cc1)C(=O)NO. The van der Waals surface area contributed by atoms with Gasteiger partial charge in [0.05, 0.1) is 12.1 Å². The van der Waals surface area contributed by atoms with Crippen LogP contribution in [0.25, 0.3) is 0 Å². The number of alkyl carbamates (subject to hydrolysis) is 1. The summed E-state index contributed by atoms with van der Waals surface area (Å²) in [5.41, 5.74) is 0.613. The second-order valence-corrected chi connectivity index (χ2v) is 7.14. The predicted molar refractivity (Wildman–Crippen MR) is 98.8 cm³/mol. The van der Waals surface area contributed by atoms with Crippen LogP contribution in [-0.4, -0.2) is 41.3 Å². The van der Waals surface area contributed by atoms with Crippen LogP contribution in [0.5, 0.6) is 0 Å². The van der Waals surface area contributed by atoms with Crippen molar-refractivity contribution >= 4 is 33.8 Å². The third kappa shape index (κ3) is 6.64. The Labute approximate surface area is 160 Å². The van der Waals surface area contributed by atoms with Crippen LogP contribution in [0.2, 0.25) is 0 Å². The molecular weight excluding hydrogens is 406 g/mol. The van der Waals surface area contributed by atoms with Crippen molar-refractivity contribution in [2.24, 2.45) is 0 Å². The Morgan fingerprint density at radius 1 is 1.23 bits per heavy atom. The molecule has 0 heterocycles. The fraction of sp³-hybridized carbons (Fsp3) is 0.471. The van der Waals surface area contributed by atoms with Gasteiger partial charge in [0.1, 0.15) is 6.04 Å². The van der Waals surface area contributed by atoms with Crippen LogP contribution >= 0.6 is 15.9 Å². The average molecular weight is 430 g/mol. The number of unbranched alkanes of at least 4 members (excludes halogenated alkanes) is 1. The van der Waals surface area contributed by atoms with Gasteiger partial charge in [-0.1, -0.05) is 29.3 Å². The van der Waals surface area contributed by atoms with Crippen molar-refractivity contribution in [3.05, 3.63) is 34.3 Å². The first-order valence-corrected chi connectivity index (χ1v) is 8.96. The molecule has 9 heteroatoms. The van der Waals surface area contributed by atoms with Crippen LogP contribution in [0, 0.1) is 0 Å². The number of hydrogen-bond acceptors (Lipinski definition) is 5. The Kier molecular flexibility index (Phi) is 8.53. The second kappa shape index (κ2) is 10.1. The fourth-order valence-electron chi connectivity index (χ4n) is 2.13. The van der Waals surface area contributed by atoms with Crippen molar-refractivity contribution in [1.29, 1.82) is 0 Å². The minimum absolute atomic E-state index is 0.251. The quantitative estimate of drug-likeness (QED) is 0.287. The van der Waals surface area contributed by atoms with E-state index in [1.54, 1.807) is 24.3 Å². The van der Waals surface area contributed by atoms with Crippen LogP contribution < -0.4 is 16.1 Å². The van der Waals surface area contributed by atoms with E-state index in [0.29, 0.717) is 12.0 Å². The zero-order valence-electron chi connectivity index (χ0n) is 15.0. The zero-order valence-corrected chi connectivity index (χ0v) is 16.6. The molecule has 1 aromatic carbocycles. The highest BCUT2D eigenvalue weighted by Gasteiger charge is 2.38. The van der Waals surface area contributed by atoms with Crippen molar-refractivity contribution in [3.8, 4) is 0 Å². The first-order chi connectivity index (χ1) is 12.2. The normalized spacial score (nSPS) is 12.0. The molecule has 0 aliphatic heterocycles. The molecule has 0 unspecified atom stereocenters. The molecule has 8 nitrogen and oxygen atoms in total. The maximum absolute atomic E-state index is 12.4. The molecule has 0 radical (unpaired) electrons. The first kappa shape index (κ1) is 21.9.